The number of hydrogen-bond acceptors (Lipinski definition) is 2. The number of fused-ring (bicyclic) bond motifs is 1. The number of halogens is 2. The minimum absolute atomic E-state index is 0.0363. The summed E-state index contributed by atoms with van der Waals surface area (Å²) in [6.45, 7) is 9.96. The Balaban J connectivity index is 1.60. The van der Waals surface area contributed by atoms with E-state index in [0.29, 0.717) is 12.1 Å². The van der Waals surface area contributed by atoms with Gasteiger partial charge in [-0.1, -0.05) is 62.4 Å². The summed E-state index contributed by atoms with van der Waals surface area (Å²) in [6, 6.07) is 21.2. The van der Waals surface area contributed by atoms with E-state index < -0.39 is 5.92 Å². The smallest absolute Gasteiger partial charge is 0.221 e. The fraction of sp³-hybridized carbons (Fsp3) is 0.364. The summed E-state index contributed by atoms with van der Waals surface area (Å²) in [5.41, 5.74) is 3.36. The van der Waals surface area contributed by atoms with Gasteiger partial charge in [0.15, 0.2) is 0 Å². The van der Waals surface area contributed by atoms with Crippen molar-refractivity contribution in [2.24, 2.45) is 0 Å². The van der Waals surface area contributed by atoms with E-state index in [0.717, 1.165) is 54.5 Å². The van der Waals surface area contributed by atoms with Crippen LogP contribution in [-0.4, -0.2) is 41.1 Å². The topological polar surface area (TPSA) is 37.3 Å². The second-order valence-electron chi connectivity index (χ2n) is 10.3. The minimum Gasteiger partial charge on any atom is -0.354 e. The lowest BCUT2D eigenvalue weighted by atomic mass is 9.87. The van der Waals surface area contributed by atoms with Crippen LogP contribution in [-0.2, 0) is 11.3 Å². The van der Waals surface area contributed by atoms with Crippen LogP contribution in [0, 0.1) is 11.6 Å². The van der Waals surface area contributed by atoms with Crippen molar-refractivity contribution in [1.29, 1.82) is 0 Å². The molecule has 1 N–H and O–H groups in total. The Morgan fingerprint density at radius 3 is 2.33 bits per heavy atom. The maximum Gasteiger partial charge on any atom is 0.221 e. The first-order chi connectivity index (χ1) is 18.9. The molecule has 0 fully saturated rings. The van der Waals surface area contributed by atoms with Crippen molar-refractivity contribution < 1.29 is 13.6 Å². The zero-order valence-corrected chi connectivity index (χ0v) is 23.2. The van der Waals surface area contributed by atoms with E-state index in [1.54, 1.807) is 24.3 Å². The van der Waals surface area contributed by atoms with Crippen molar-refractivity contribution in [2.45, 2.75) is 58.5 Å². The van der Waals surface area contributed by atoms with Crippen LogP contribution in [0.1, 0.15) is 62.6 Å². The van der Waals surface area contributed by atoms with Gasteiger partial charge in [0.2, 0.25) is 5.91 Å². The molecule has 1 heterocycles. The molecule has 0 unspecified atom stereocenters. The van der Waals surface area contributed by atoms with E-state index in [1.807, 2.05) is 43.5 Å². The number of amides is 1. The molecule has 0 saturated heterocycles. The lowest BCUT2D eigenvalue weighted by molar-refractivity contribution is -0.121. The Bertz CT molecular complexity index is 1360. The summed E-state index contributed by atoms with van der Waals surface area (Å²) in [4.78, 5) is 15.7. The van der Waals surface area contributed by atoms with Gasteiger partial charge >= 0.3 is 0 Å². The Morgan fingerprint density at radius 1 is 0.923 bits per heavy atom. The van der Waals surface area contributed by atoms with Gasteiger partial charge in [0.25, 0.3) is 0 Å². The largest absolute Gasteiger partial charge is 0.354 e. The van der Waals surface area contributed by atoms with E-state index in [-0.39, 0.29) is 30.0 Å². The number of aromatic nitrogens is 1. The lowest BCUT2D eigenvalue weighted by Gasteiger charge is -2.21. The normalized spacial score (nSPS) is 13.1. The fourth-order valence-corrected chi connectivity index (χ4v) is 5.37. The van der Waals surface area contributed by atoms with Crippen LogP contribution in [0.2, 0.25) is 0 Å². The molecule has 0 spiro atoms. The Morgan fingerprint density at radius 2 is 1.62 bits per heavy atom. The highest BCUT2D eigenvalue weighted by Crippen LogP contribution is 2.36. The molecular weight excluding hydrogens is 492 g/mol. The average Bonchev–Trinajstić information content (AvgIpc) is 3.29. The first-order valence-corrected chi connectivity index (χ1v) is 14.0. The zero-order valence-electron chi connectivity index (χ0n) is 23.2. The molecule has 0 saturated carbocycles. The summed E-state index contributed by atoms with van der Waals surface area (Å²) >= 11 is 0. The highest BCUT2D eigenvalue weighted by molar-refractivity contribution is 5.87. The van der Waals surface area contributed by atoms with Gasteiger partial charge in [0, 0.05) is 42.0 Å². The highest BCUT2D eigenvalue weighted by Gasteiger charge is 2.25. The first kappa shape index (κ1) is 28.5. The summed E-state index contributed by atoms with van der Waals surface area (Å²) in [7, 11) is 0. The molecule has 0 bridgehead atoms. The molecule has 0 radical (unpaired) electrons. The molecule has 1 aromatic heterocycles. The maximum atomic E-state index is 15.2. The van der Waals surface area contributed by atoms with Crippen molar-refractivity contribution >= 4 is 16.8 Å². The van der Waals surface area contributed by atoms with Crippen molar-refractivity contribution in [1.82, 2.24) is 14.8 Å². The molecule has 0 aliphatic rings. The standard InChI is InChI=1S/C33H39F2N3O/c1-4-37(5-2)20-10-11-24(3)36-33(39)21-29(27-12-6-8-14-31(27)35)30-23-38(32-15-9-7-13-28(30)32)22-25-16-18-26(34)19-17-25/h6-9,12-19,23-24,29H,4-5,10-11,20-22H2,1-3H3,(H,36,39)/t24-,29-/m0/s1. The predicted molar refractivity (Wildman–Crippen MR) is 155 cm³/mol. The number of rotatable bonds is 13. The van der Waals surface area contributed by atoms with E-state index in [2.05, 4.69) is 28.6 Å². The molecular formula is C33H39F2N3O. The molecule has 4 rings (SSSR count). The third-order valence-electron chi connectivity index (χ3n) is 7.54. The van der Waals surface area contributed by atoms with Crippen LogP contribution in [0.5, 0.6) is 0 Å². The van der Waals surface area contributed by atoms with Gasteiger partial charge in [0.1, 0.15) is 11.6 Å². The zero-order chi connectivity index (χ0) is 27.8. The monoisotopic (exact) mass is 531 g/mol. The lowest BCUT2D eigenvalue weighted by Crippen LogP contribution is -2.34. The van der Waals surface area contributed by atoms with Gasteiger partial charge in [-0.05, 0) is 80.4 Å². The number of carbonyl (C=O) groups excluding carboxylic acids is 1. The van der Waals surface area contributed by atoms with Gasteiger partial charge in [-0.15, -0.1) is 0 Å². The van der Waals surface area contributed by atoms with Gasteiger partial charge in [0.05, 0.1) is 0 Å². The summed E-state index contributed by atoms with van der Waals surface area (Å²) in [5, 5.41) is 4.14. The van der Waals surface area contributed by atoms with Crippen LogP contribution in [0.4, 0.5) is 8.78 Å². The molecule has 3 aromatic carbocycles. The molecule has 0 aliphatic carbocycles. The predicted octanol–water partition coefficient (Wildman–Crippen LogP) is 7.12. The van der Waals surface area contributed by atoms with Gasteiger partial charge in [-0.2, -0.15) is 0 Å². The second kappa shape index (κ2) is 13.5. The number of benzene rings is 3. The Labute approximate surface area is 230 Å². The first-order valence-electron chi connectivity index (χ1n) is 14.0. The third-order valence-corrected chi connectivity index (χ3v) is 7.54. The minimum atomic E-state index is -0.451. The molecule has 39 heavy (non-hydrogen) atoms. The maximum absolute atomic E-state index is 15.2. The fourth-order valence-electron chi connectivity index (χ4n) is 5.37. The summed E-state index contributed by atoms with van der Waals surface area (Å²) in [5.74, 6) is -1.13. The van der Waals surface area contributed by atoms with Gasteiger partial charge in [-0.3, -0.25) is 4.79 Å². The van der Waals surface area contributed by atoms with Crippen molar-refractivity contribution in [2.75, 3.05) is 19.6 Å². The molecule has 1 amide bonds. The van der Waals surface area contributed by atoms with Gasteiger partial charge in [-0.25, -0.2) is 8.78 Å². The molecule has 2 atom stereocenters. The highest BCUT2D eigenvalue weighted by atomic mass is 19.1. The van der Waals surface area contributed by atoms with Crippen molar-refractivity contribution in [3.05, 3.63) is 107 Å². The van der Waals surface area contributed by atoms with Crippen LogP contribution < -0.4 is 5.32 Å². The molecule has 206 valence electrons. The van der Waals surface area contributed by atoms with E-state index in [1.165, 1.54) is 18.2 Å². The Hall–Kier alpha value is -3.51. The summed E-state index contributed by atoms with van der Waals surface area (Å²) < 4.78 is 30.7. The molecule has 6 heteroatoms. The molecule has 4 nitrogen and oxygen atoms in total. The summed E-state index contributed by atoms with van der Waals surface area (Å²) in [6.07, 6.45) is 4.07. The number of nitrogens with one attached hydrogen (secondary N) is 1. The number of hydrogen-bond donors (Lipinski definition) is 1. The quantitative estimate of drug-likeness (QED) is 0.200. The third kappa shape index (κ3) is 7.33. The number of carbonyl (C=O) groups is 1. The molecule has 4 aromatic rings. The SMILES string of the molecule is CCN(CC)CCC[C@H](C)NC(=O)C[C@@H](c1ccccc1F)c1cn(Cc2ccc(F)cc2)c2ccccc12. The van der Waals surface area contributed by atoms with Crippen molar-refractivity contribution in [3.8, 4) is 0 Å². The van der Waals surface area contributed by atoms with Crippen LogP contribution in [0.3, 0.4) is 0 Å². The number of nitrogens with zero attached hydrogens (tertiary/aromatic N) is 2. The van der Waals surface area contributed by atoms with Crippen molar-refractivity contribution in [3.63, 3.8) is 0 Å². The molecule has 0 aliphatic heterocycles. The second-order valence-corrected chi connectivity index (χ2v) is 10.3. The van der Waals surface area contributed by atoms with Crippen LogP contribution >= 0.6 is 0 Å². The van der Waals surface area contributed by atoms with E-state index in [9.17, 15) is 9.18 Å². The van der Waals surface area contributed by atoms with Gasteiger partial charge < -0.3 is 14.8 Å². The van der Waals surface area contributed by atoms with Crippen LogP contribution in [0.15, 0.2) is 79.0 Å². The van der Waals surface area contributed by atoms with E-state index >= 15 is 4.39 Å². The van der Waals surface area contributed by atoms with Crippen LogP contribution in [0.25, 0.3) is 10.9 Å². The Kier molecular flexibility index (Phi) is 9.88. The van der Waals surface area contributed by atoms with E-state index in [4.69, 9.17) is 0 Å². The number of para-hydroxylation sites is 1. The average molecular weight is 532 g/mol.